The summed E-state index contributed by atoms with van der Waals surface area (Å²) in [5.41, 5.74) is 2.72. The number of benzene rings is 4. The van der Waals surface area contributed by atoms with Gasteiger partial charge in [0.1, 0.15) is 26.4 Å². The zero-order valence-corrected chi connectivity index (χ0v) is 26.0. The van der Waals surface area contributed by atoms with Crippen LogP contribution < -0.4 is 18.9 Å². The molecule has 242 valence electrons. The van der Waals surface area contributed by atoms with Gasteiger partial charge in [-0.15, -0.1) is 0 Å². The van der Waals surface area contributed by atoms with Crippen LogP contribution in [0.1, 0.15) is 31.8 Å². The molecule has 0 radical (unpaired) electrons. The van der Waals surface area contributed by atoms with E-state index >= 15 is 0 Å². The van der Waals surface area contributed by atoms with E-state index < -0.39 is 11.9 Å². The monoisotopic (exact) mass is 630 g/mol. The molecule has 0 N–H and O–H groups in total. The molecule has 10 heteroatoms. The molecule has 0 saturated heterocycles. The van der Waals surface area contributed by atoms with E-state index in [0.29, 0.717) is 73.8 Å². The Morgan fingerprint density at radius 1 is 0.457 bits per heavy atom. The maximum atomic E-state index is 12.0. The van der Waals surface area contributed by atoms with Gasteiger partial charge in [-0.2, -0.15) is 0 Å². The van der Waals surface area contributed by atoms with E-state index in [9.17, 15) is 9.59 Å². The van der Waals surface area contributed by atoms with E-state index in [-0.39, 0.29) is 13.2 Å². The standard InChI is InChI=1S/C36H38O10/c1-39-35(37)29-13-15-31(45-25-27-9-5-3-6-10-27)33(23-29)43-21-19-41-17-18-42-20-22-44-34-24-30(36(38)40-2)14-16-32(34)46-26-28-11-7-4-8-12-28/h3-16,23-24H,17-22,25-26H2,1-2H3. The van der Waals surface area contributed by atoms with E-state index in [0.717, 1.165) is 11.1 Å². The number of hydrogen-bond donors (Lipinski definition) is 0. The van der Waals surface area contributed by atoms with Gasteiger partial charge < -0.3 is 37.9 Å². The van der Waals surface area contributed by atoms with Crippen LogP contribution in [0.3, 0.4) is 0 Å². The van der Waals surface area contributed by atoms with Gasteiger partial charge in [0.2, 0.25) is 0 Å². The fourth-order valence-corrected chi connectivity index (χ4v) is 4.18. The lowest BCUT2D eigenvalue weighted by Crippen LogP contribution is -2.14. The van der Waals surface area contributed by atoms with Gasteiger partial charge in [0.15, 0.2) is 23.0 Å². The van der Waals surface area contributed by atoms with E-state index in [1.807, 2.05) is 60.7 Å². The quantitative estimate of drug-likeness (QED) is 0.0917. The number of carbonyl (C=O) groups excluding carboxylic acids is 2. The molecular weight excluding hydrogens is 592 g/mol. The first-order chi connectivity index (χ1) is 22.6. The Bertz CT molecular complexity index is 1390. The second kappa shape index (κ2) is 18.7. The van der Waals surface area contributed by atoms with Crippen LogP contribution in [0.5, 0.6) is 23.0 Å². The smallest absolute Gasteiger partial charge is 0.337 e. The van der Waals surface area contributed by atoms with Crippen molar-refractivity contribution in [1.29, 1.82) is 0 Å². The second-order valence-corrected chi connectivity index (χ2v) is 9.78. The molecule has 0 fully saturated rings. The van der Waals surface area contributed by atoms with Crippen LogP contribution in [0.25, 0.3) is 0 Å². The molecule has 4 rings (SSSR count). The maximum Gasteiger partial charge on any atom is 0.337 e. The summed E-state index contributed by atoms with van der Waals surface area (Å²) in [4.78, 5) is 24.0. The van der Waals surface area contributed by atoms with Gasteiger partial charge in [0, 0.05) is 0 Å². The highest BCUT2D eigenvalue weighted by Crippen LogP contribution is 2.31. The summed E-state index contributed by atoms with van der Waals surface area (Å²) in [5.74, 6) is 0.905. The van der Waals surface area contributed by atoms with Gasteiger partial charge in [-0.25, -0.2) is 9.59 Å². The fourth-order valence-electron chi connectivity index (χ4n) is 4.18. The molecule has 46 heavy (non-hydrogen) atoms. The van der Waals surface area contributed by atoms with Crippen LogP contribution in [-0.2, 0) is 32.2 Å². The highest BCUT2D eigenvalue weighted by Gasteiger charge is 2.14. The SMILES string of the molecule is COC(=O)c1ccc(OCc2ccccc2)c(OCCOCCOCCOc2cc(C(=O)OC)ccc2OCc2ccccc2)c1. The first-order valence-electron chi connectivity index (χ1n) is 14.8. The molecule has 0 spiro atoms. The normalized spacial score (nSPS) is 10.6. The molecule has 0 aliphatic carbocycles. The van der Waals surface area contributed by atoms with E-state index in [1.165, 1.54) is 14.2 Å². The van der Waals surface area contributed by atoms with Gasteiger partial charge >= 0.3 is 11.9 Å². The van der Waals surface area contributed by atoms with Crippen LogP contribution in [0.4, 0.5) is 0 Å². The number of esters is 2. The van der Waals surface area contributed by atoms with Crippen molar-refractivity contribution < 1.29 is 47.5 Å². The molecule has 0 aliphatic heterocycles. The molecule has 0 heterocycles. The summed E-state index contributed by atoms with van der Waals surface area (Å²) in [6, 6.07) is 29.3. The summed E-state index contributed by atoms with van der Waals surface area (Å²) in [7, 11) is 2.65. The van der Waals surface area contributed by atoms with Crippen LogP contribution in [0.15, 0.2) is 97.1 Å². The third kappa shape index (κ3) is 10.8. The van der Waals surface area contributed by atoms with Gasteiger partial charge in [0.05, 0.1) is 51.8 Å². The lowest BCUT2D eigenvalue weighted by molar-refractivity contribution is 0.0267. The molecular formula is C36H38O10. The number of hydrogen-bond acceptors (Lipinski definition) is 10. The molecule has 0 atom stereocenters. The Hall–Kier alpha value is -5.06. The highest BCUT2D eigenvalue weighted by molar-refractivity contribution is 5.90. The van der Waals surface area contributed by atoms with Crippen LogP contribution in [0.2, 0.25) is 0 Å². The van der Waals surface area contributed by atoms with Crippen LogP contribution in [-0.4, -0.2) is 65.8 Å². The van der Waals surface area contributed by atoms with Gasteiger partial charge in [-0.1, -0.05) is 60.7 Å². The summed E-state index contributed by atoms with van der Waals surface area (Å²) >= 11 is 0. The average Bonchev–Trinajstić information content (AvgIpc) is 3.11. The molecule has 0 amide bonds. The zero-order valence-electron chi connectivity index (χ0n) is 26.0. The summed E-state index contributed by atoms with van der Waals surface area (Å²) in [6.07, 6.45) is 0. The minimum atomic E-state index is -0.469. The molecule has 4 aromatic rings. The molecule has 0 aromatic heterocycles. The molecule has 10 nitrogen and oxygen atoms in total. The van der Waals surface area contributed by atoms with Crippen molar-refractivity contribution in [3.63, 3.8) is 0 Å². The second-order valence-electron chi connectivity index (χ2n) is 9.78. The lowest BCUT2D eigenvalue weighted by atomic mass is 10.2. The maximum absolute atomic E-state index is 12.0. The largest absolute Gasteiger partial charge is 0.487 e. The third-order valence-corrected chi connectivity index (χ3v) is 6.55. The van der Waals surface area contributed by atoms with Crippen molar-refractivity contribution in [3.05, 3.63) is 119 Å². The zero-order chi connectivity index (χ0) is 32.4. The first-order valence-corrected chi connectivity index (χ1v) is 14.8. The minimum absolute atomic E-state index is 0.234. The molecule has 0 bridgehead atoms. The third-order valence-electron chi connectivity index (χ3n) is 6.55. The lowest BCUT2D eigenvalue weighted by Gasteiger charge is -2.15. The average molecular weight is 631 g/mol. The molecule has 4 aromatic carbocycles. The predicted octanol–water partition coefficient (Wildman–Crippen LogP) is 5.91. The molecule has 0 unspecified atom stereocenters. The van der Waals surface area contributed by atoms with Gasteiger partial charge in [0.25, 0.3) is 0 Å². The van der Waals surface area contributed by atoms with Crippen molar-refractivity contribution in [2.75, 3.05) is 53.9 Å². The molecule has 0 saturated carbocycles. The predicted molar refractivity (Wildman–Crippen MR) is 170 cm³/mol. The Morgan fingerprint density at radius 3 is 1.24 bits per heavy atom. The van der Waals surface area contributed by atoms with Crippen molar-refractivity contribution in [1.82, 2.24) is 0 Å². The summed E-state index contributed by atoms with van der Waals surface area (Å²) in [5, 5.41) is 0. The Morgan fingerprint density at radius 2 is 0.848 bits per heavy atom. The van der Waals surface area contributed by atoms with Crippen molar-refractivity contribution in [2.24, 2.45) is 0 Å². The number of ether oxygens (including phenoxy) is 8. The van der Waals surface area contributed by atoms with E-state index in [4.69, 9.17) is 37.9 Å². The van der Waals surface area contributed by atoms with Crippen LogP contribution >= 0.6 is 0 Å². The van der Waals surface area contributed by atoms with E-state index in [2.05, 4.69) is 0 Å². The van der Waals surface area contributed by atoms with Crippen molar-refractivity contribution in [2.45, 2.75) is 13.2 Å². The molecule has 0 aliphatic rings. The minimum Gasteiger partial charge on any atom is -0.487 e. The van der Waals surface area contributed by atoms with E-state index in [1.54, 1.807) is 36.4 Å². The summed E-state index contributed by atoms with van der Waals surface area (Å²) in [6.45, 7) is 2.44. The topological polar surface area (TPSA) is 108 Å². The van der Waals surface area contributed by atoms with Crippen LogP contribution in [0, 0.1) is 0 Å². The first kappa shape index (κ1) is 33.8. The van der Waals surface area contributed by atoms with Gasteiger partial charge in [-0.05, 0) is 47.5 Å². The number of carbonyl (C=O) groups is 2. The highest BCUT2D eigenvalue weighted by atomic mass is 16.6. The summed E-state index contributed by atoms with van der Waals surface area (Å²) < 4.78 is 44.6. The Balaban J connectivity index is 1.17. The Labute approximate surface area is 268 Å². The number of methoxy groups -OCH3 is 2. The van der Waals surface area contributed by atoms with Gasteiger partial charge in [-0.3, -0.25) is 0 Å². The number of rotatable bonds is 19. The van der Waals surface area contributed by atoms with Crippen molar-refractivity contribution in [3.8, 4) is 23.0 Å². The van der Waals surface area contributed by atoms with Crippen molar-refractivity contribution >= 4 is 11.9 Å². The fraction of sp³-hybridized carbons (Fsp3) is 0.278. The Kier molecular flexibility index (Phi) is 13.7.